The molecule has 2 N–H and O–H groups in total. The molecular weight excluding hydrogens is 414 g/mol. The van der Waals surface area contributed by atoms with Crippen LogP contribution in [0.2, 0.25) is 0 Å². The summed E-state index contributed by atoms with van der Waals surface area (Å²) in [6.45, 7) is 4.80. The highest BCUT2D eigenvalue weighted by Gasteiger charge is 2.37. The fraction of sp³-hybridized carbons (Fsp3) is 0.583. The minimum Gasteiger partial charge on any atom is -0.366 e. The second kappa shape index (κ2) is 10.2. The standard InChI is InChI=1S/C24H32ClN3O3/c1-16(29)27-9-8-17-2-4-19-12-18(3-7-21(19)22(25)13-17)15-28(20-5-6-20)24(30)23-14-26-10-11-31-23/h3,7,12-13,17,20,23,26H,2,4-6,8-11,14-15H2,1H3,(H,27,29)/t17-,23?/m1/s1. The number of morpholine rings is 1. The number of hydrogen-bond acceptors (Lipinski definition) is 4. The summed E-state index contributed by atoms with van der Waals surface area (Å²) >= 11 is 6.64. The molecule has 2 aliphatic carbocycles. The minimum absolute atomic E-state index is 0.000739. The first-order chi connectivity index (χ1) is 15.0. The average Bonchev–Trinajstić information content (AvgIpc) is 3.61. The average molecular weight is 446 g/mol. The van der Waals surface area contributed by atoms with E-state index < -0.39 is 0 Å². The van der Waals surface area contributed by atoms with Crippen molar-refractivity contribution in [2.24, 2.45) is 5.92 Å². The molecule has 4 rings (SSSR count). The summed E-state index contributed by atoms with van der Waals surface area (Å²) in [5, 5.41) is 6.91. The summed E-state index contributed by atoms with van der Waals surface area (Å²) in [5.41, 5.74) is 3.46. The molecule has 0 aromatic heterocycles. The van der Waals surface area contributed by atoms with Crippen LogP contribution in [0.1, 0.15) is 49.3 Å². The second-order valence-corrected chi connectivity index (χ2v) is 9.24. The molecule has 1 unspecified atom stereocenters. The maximum Gasteiger partial charge on any atom is 0.253 e. The lowest BCUT2D eigenvalue weighted by Crippen LogP contribution is -2.49. The largest absolute Gasteiger partial charge is 0.366 e. The van der Waals surface area contributed by atoms with E-state index in [1.54, 1.807) is 6.92 Å². The lowest BCUT2D eigenvalue weighted by Gasteiger charge is -2.30. The summed E-state index contributed by atoms with van der Waals surface area (Å²) in [7, 11) is 0. The monoisotopic (exact) mass is 445 g/mol. The predicted octanol–water partition coefficient (Wildman–Crippen LogP) is 2.83. The van der Waals surface area contributed by atoms with Gasteiger partial charge in [-0.1, -0.05) is 35.9 Å². The molecule has 1 heterocycles. The molecule has 0 spiro atoms. The molecule has 1 aliphatic heterocycles. The Kier molecular flexibility index (Phi) is 7.31. The zero-order chi connectivity index (χ0) is 21.8. The van der Waals surface area contributed by atoms with Crippen molar-refractivity contribution < 1.29 is 14.3 Å². The van der Waals surface area contributed by atoms with Gasteiger partial charge in [-0.25, -0.2) is 0 Å². The summed E-state index contributed by atoms with van der Waals surface area (Å²) in [4.78, 5) is 26.2. The number of halogens is 1. The smallest absolute Gasteiger partial charge is 0.253 e. The normalized spacial score (nSPS) is 23.4. The van der Waals surface area contributed by atoms with Crippen molar-refractivity contribution >= 4 is 28.4 Å². The maximum absolute atomic E-state index is 13.1. The molecule has 0 bridgehead atoms. The first kappa shape index (κ1) is 22.3. The lowest BCUT2D eigenvalue weighted by atomic mass is 9.97. The van der Waals surface area contributed by atoms with Crippen molar-refractivity contribution in [3.63, 3.8) is 0 Å². The third kappa shape index (κ3) is 5.88. The van der Waals surface area contributed by atoms with Gasteiger partial charge in [0.15, 0.2) is 0 Å². The number of nitrogens with one attached hydrogen (secondary N) is 2. The van der Waals surface area contributed by atoms with E-state index >= 15 is 0 Å². The number of ether oxygens (including phenoxy) is 1. The Bertz CT molecular complexity index is 846. The lowest BCUT2D eigenvalue weighted by molar-refractivity contribution is -0.146. The van der Waals surface area contributed by atoms with Gasteiger partial charge in [0.25, 0.3) is 5.91 Å². The van der Waals surface area contributed by atoms with E-state index in [2.05, 4.69) is 34.9 Å². The summed E-state index contributed by atoms with van der Waals surface area (Å²) in [6, 6.07) is 6.73. The van der Waals surface area contributed by atoms with Crippen molar-refractivity contribution in [1.82, 2.24) is 15.5 Å². The molecule has 1 aromatic carbocycles. The number of allylic oxidation sites excluding steroid dienone is 1. The van der Waals surface area contributed by atoms with Crippen LogP contribution in [0.4, 0.5) is 0 Å². The van der Waals surface area contributed by atoms with E-state index in [1.807, 2.05) is 4.90 Å². The summed E-state index contributed by atoms with van der Waals surface area (Å²) in [5.74, 6) is 0.442. The minimum atomic E-state index is -0.378. The van der Waals surface area contributed by atoms with Gasteiger partial charge in [-0.3, -0.25) is 9.59 Å². The van der Waals surface area contributed by atoms with Gasteiger partial charge in [-0.05, 0) is 54.7 Å². The van der Waals surface area contributed by atoms with Crippen LogP contribution < -0.4 is 10.6 Å². The molecule has 0 radical (unpaired) electrons. The topological polar surface area (TPSA) is 70.7 Å². The van der Waals surface area contributed by atoms with E-state index in [-0.39, 0.29) is 17.9 Å². The Morgan fingerprint density at radius 1 is 1.29 bits per heavy atom. The van der Waals surface area contributed by atoms with Crippen LogP contribution in [0.15, 0.2) is 24.3 Å². The van der Waals surface area contributed by atoms with Gasteiger partial charge < -0.3 is 20.3 Å². The Morgan fingerprint density at radius 3 is 2.84 bits per heavy atom. The summed E-state index contributed by atoms with van der Waals surface area (Å²) < 4.78 is 5.71. The maximum atomic E-state index is 13.1. The van der Waals surface area contributed by atoms with Crippen LogP contribution in [-0.4, -0.2) is 55.1 Å². The number of fused-ring (bicyclic) bond motifs is 1. The quantitative estimate of drug-likeness (QED) is 0.677. The van der Waals surface area contributed by atoms with Gasteiger partial charge in [0, 0.05) is 44.2 Å². The Labute approximate surface area is 189 Å². The first-order valence-corrected chi connectivity index (χ1v) is 11.8. The van der Waals surface area contributed by atoms with E-state index in [9.17, 15) is 9.59 Å². The van der Waals surface area contributed by atoms with Crippen LogP contribution >= 0.6 is 11.6 Å². The molecule has 1 aromatic rings. The summed E-state index contributed by atoms with van der Waals surface area (Å²) in [6.07, 6.45) is 6.71. The molecule has 2 fully saturated rings. The number of carbonyl (C=O) groups excluding carboxylic acids is 2. The van der Waals surface area contributed by atoms with E-state index in [1.165, 1.54) is 5.56 Å². The molecule has 7 heteroatoms. The van der Waals surface area contributed by atoms with Crippen LogP contribution in [0.3, 0.4) is 0 Å². The molecule has 31 heavy (non-hydrogen) atoms. The van der Waals surface area contributed by atoms with Gasteiger partial charge in [0.05, 0.1) is 6.61 Å². The number of amides is 2. The predicted molar refractivity (Wildman–Crippen MR) is 122 cm³/mol. The molecule has 1 saturated carbocycles. The van der Waals surface area contributed by atoms with Crippen LogP contribution in [-0.2, 0) is 27.3 Å². The van der Waals surface area contributed by atoms with E-state index in [0.717, 1.165) is 54.8 Å². The highest BCUT2D eigenvalue weighted by molar-refractivity contribution is 6.49. The van der Waals surface area contributed by atoms with Crippen molar-refractivity contribution in [3.8, 4) is 0 Å². The third-order valence-electron chi connectivity index (χ3n) is 6.31. The molecule has 1 saturated heterocycles. The van der Waals surface area contributed by atoms with Gasteiger partial charge in [-0.15, -0.1) is 0 Å². The fourth-order valence-electron chi connectivity index (χ4n) is 4.45. The number of aryl methyl sites for hydroxylation is 1. The molecule has 2 atom stereocenters. The Hall–Kier alpha value is -1.89. The molecule has 2 amide bonds. The first-order valence-electron chi connectivity index (χ1n) is 11.4. The van der Waals surface area contributed by atoms with Crippen LogP contribution in [0, 0.1) is 5.92 Å². The Morgan fingerprint density at radius 2 is 2.13 bits per heavy atom. The molecule has 6 nitrogen and oxygen atoms in total. The SMILES string of the molecule is CC(=O)NCC[C@@H]1C=C(Cl)c2ccc(CN(C(=O)C3CNCCO3)C3CC3)cc2CC1. The zero-order valence-corrected chi connectivity index (χ0v) is 18.9. The Balaban J connectivity index is 1.43. The van der Waals surface area contributed by atoms with E-state index in [0.29, 0.717) is 38.2 Å². The number of nitrogens with zero attached hydrogens (tertiary/aromatic N) is 1. The van der Waals surface area contributed by atoms with Gasteiger partial charge >= 0.3 is 0 Å². The number of benzene rings is 1. The highest BCUT2D eigenvalue weighted by atomic mass is 35.5. The number of hydrogen-bond donors (Lipinski definition) is 2. The van der Waals surface area contributed by atoms with Crippen LogP contribution in [0.25, 0.3) is 5.03 Å². The van der Waals surface area contributed by atoms with Crippen molar-refractivity contribution in [2.75, 3.05) is 26.2 Å². The number of carbonyl (C=O) groups is 2. The van der Waals surface area contributed by atoms with Crippen molar-refractivity contribution in [3.05, 3.63) is 41.0 Å². The molecule has 168 valence electrons. The van der Waals surface area contributed by atoms with Gasteiger partial charge in [0.2, 0.25) is 5.91 Å². The molecule has 3 aliphatic rings. The zero-order valence-electron chi connectivity index (χ0n) is 18.2. The fourth-order valence-corrected chi connectivity index (χ4v) is 4.81. The van der Waals surface area contributed by atoms with Crippen LogP contribution in [0.5, 0.6) is 0 Å². The molecular formula is C24H32ClN3O3. The van der Waals surface area contributed by atoms with Crippen molar-refractivity contribution in [1.29, 1.82) is 0 Å². The second-order valence-electron chi connectivity index (χ2n) is 8.84. The van der Waals surface area contributed by atoms with Gasteiger partial charge in [-0.2, -0.15) is 0 Å². The number of rotatable bonds is 7. The van der Waals surface area contributed by atoms with Crippen molar-refractivity contribution in [2.45, 2.75) is 57.7 Å². The highest BCUT2D eigenvalue weighted by Crippen LogP contribution is 2.34. The third-order valence-corrected chi connectivity index (χ3v) is 6.64. The van der Waals surface area contributed by atoms with E-state index in [4.69, 9.17) is 16.3 Å². The van der Waals surface area contributed by atoms with Gasteiger partial charge in [0.1, 0.15) is 6.10 Å².